The van der Waals surface area contributed by atoms with Gasteiger partial charge in [0, 0.05) is 24.8 Å². The largest absolute Gasteiger partial charge is 0.353 e. The molecule has 1 aromatic heterocycles. The topological polar surface area (TPSA) is 82.3 Å². The molecule has 0 spiro atoms. The molecule has 2 aromatic rings. The van der Waals surface area contributed by atoms with Gasteiger partial charge in [-0.3, -0.25) is 4.79 Å². The molecule has 0 radical (unpaired) electrons. The SMILES string of the molecule is Cc1[nH]c(C(=O)Nc2ccc(F)cc2F)c(C)c1S(=O)(=O)N1CCCCC1. The third-order valence-electron chi connectivity index (χ3n) is 4.69. The molecule has 6 nitrogen and oxygen atoms in total. The average Bonchev–Trinajstić information content (AvgIpc) is 2.93. The first kappa shape index (κ1) is 19.5. The molecule has 1 aliphatic rings. The lowest BCUT2D eigenvalue weighted by Crippen LogP contribution is -2.36. The van der Waals surface area contributed by atoms with Gasteiger partial charge in [0.25, 0.3) is 5.91 Å². The summed E-state index contributed by atoms with van der Waals surface area (Å²) in [6.45, 7) is 4.03. The van der Waals surface area contributed by atoms with Crippen LogP contribution >= 0.6 is 0 Å². The predicted molar refractivity (Wildman–Crippen MR) is 97.2 cm³/mol. The molecule has 1 amide bonds. The highest BCUT2D eigenvalue weighted by Gasteiger charge is 2.32. The number of piperidine rings is 1. The van der Waals surface area contributed by atoms with Gasteiger partial charge in [-0.15, -0.1) is 0 Å². The summed E-state index contributed by atoms with van der Waals surface area (Å²) in [5.74, 6) is -2.36. The van der Waals surface area contributed by atoms with Gasteiger partial charge in [0.2, 0.25) is 10.0 Å². The molecular weight excluding hydrogens is 376 g/mol. The van der Waals surface area contributed by atoms with Crippen LogP contribution in [-0.2, 0) is 10.0 Å². The van der Waals surface area contributed by atoms with Crippen molar-refractivity contribution in [1.82, 2.24) is 9.29 Å². The normalized spacial score (nSPS) is 15.7. The minimum absolute atomic E-state index is 0.0341. The van der Waals surface area contributed by atoms with E-state index in [4.69, 9.17) is 0 Å². The molecule has 3 rings (SSSR count). The number of aryl methyl sites for hydroxylation is 1. The number of benzene rings is 1. The highest BCUT2D eigenvalue weighted by Crippen LogP contribution is 2.29. The van der Waals surface area contributed by atoms with Gasteiger partial charge in [-0.25, -0.2) is 17.2 Å². The summed E-state index contributed by atoms with van der Waals surface area (Å²) in [4.78, 5) is 15.4. The molecule has 0 bridgehead atoms. The zero-order valence-electron chi connectivity index (χ0n) is 15.1. The number of sulfonamides is 1. The number of anilines is 1. The van der Waals surface area contributed by atoms with Crippen LogP contribution < -0.4 is 5.32 Å². The first-order valence-corrected chi connectivity index (χ1v) is 10.1. The van der Waals surface area contributed by atoms with E-state index in [9.17, 15) is 22.0 Å². The Morgan fingerprint density at radius 1 is 1.15 bits per heavy atom. The van der Waals surface area contributed by atoms with E-state index >= 15 is 0 Å². The van der Waals surface area contributed by atoms with Gasteiger partial charge in [-0.1, -0.05) is 6.42 Å². The maximum absolute atomic E-state index is 13.8. The number of nitrogens with one attached hydrogen (secondary N) is 2. The molecule has 1 aliphatic heterocycles. The first-order chi connectivity index (χ1) is 12.7. The summed E-state index contributed by atoms with van der Waals surface area (Å²) >= 11 is 0. The highest BCUT2D eigenvalue weighted by molar-refractivity contribution is 7.89. The molecule has 1 fully saturated rings. The quantitative estimate of drug-likeness (QED) is 0.830. The lowest BCUT2D eigenvalue weighted by Gasteiger charge is -2.26. The molecule has 1 saturated heterocycles. The van der Waals surface area contributed by atoms with Crippen molar-refractivity contribution in [2.75, 3.05) is 18.4 Å². The molecule has 2 heterocycles. The van der Waals surface area contributed by atoms with E-state index in [1.807, 2.05) is 0 Å². The summed E-state index contributed by atoms with van der Waals surface area (Å²) in [7, 11) is -3.72. The van der Waals surface area contributed by atoms with Crippen LogP contribution in [0.4, 0.5) is 14.5 Å². The van der Waals surface area contributed by atoms with E-state index in [0.717, 1.165) is 31.4 Å². The lowest BCUT2D eigenvalue weighted by molar-refractivity contribution is 0.102. The molecule has 2 N–H and O–H groups in total. The molecule has 9 heteroatoms. The van der Waals surface area contributed by atoms with Crippen molar-refractivity contribution in [1.29, 1.82) is 0 Å². The summed E-state index contributed by atoms with van der Waals surface area (Å²) in [5.41, 5.74) is 0.473. The second kappa shape index (κ2) is 7.40. The maximum atomic E-state index is 13.8. The van der Waals surface area contributed by atoms with Crippen molar-refractivity contribution in [3.8, 4) is 0 Å². The van der Waals surface area contributed by atoms with Crippen LogP contribution in [0.5, 0.6) is 0 Å². The van der Waals surface area contributed by atoms with Crippen LogP contribution in [-0.4, -0.2) is 36.7 Å². The number of halogens is 2. The van der Waals surface area contributed by atoms with Crippen molar-refractivity contribution >= 4 is 21.6 Å². The van der Waals surface area contributed by atoms with E-state index in [-0.39, 0.29) is 21.8 Å². The fraction of sp³-hybridized carbons (Fsp3) is 0.389. The number of nitrogens with zero attached hydrogens (tertiary/aromatic N) is 1. The van der Waals surface area contributed by atoms with Gasteiger partial charge in [0.15, 0.2) is 0 Å². The summed E-state index contributed by atoms with van der Waals surface area (Å²) in [6.07, 6.45) is 2.60. The average molecular weight is 397 g/mol. The van der Waals surface area contributed by atoms with Crippen LogP contribution in [0.3, 0.4) is 0 Å². The van der Waals surface area contributed by atoms with Crippen LogP contribution in [0, 0.1) is 25.5 Å². The third-order valence-corrected chi connectivity index (χ3v) is 6.86. The Balaban J connectivity index is 1.92. The number of aromatic amines is 1. The Labute approximate surface area is 156 Å². The van der Waals surface area contributed by atoms with Gasteiger partial charge >= 0.3 is 0 Å². The number of hydrogen-bond donors (Lipinski definition) is 2. The van der Waals surface area contributed by atoms with E-state index < -0.39 is 27.6 Å². The van der Waals surface area contributed by atoms with Crippen molar-refractivity contribution in [2.45, 2.75) is 38.0 Å². The number of rotatable bonds is 4. The monoisotopic (exact) mass is 397 g/mol. The Morgan fingerprint density at radius 2 is 1.81 bits per heavy atom. The molecule has 0 atom stereocenters. The minimum atomic E-state index is -3.72. The smallest absolute Gasteiger partial charge is 0.272 e. The number of H-pyrrole nitrogens is 1. The molecule has 1 aromatic carbocycles. The van der Waals surface area contributed by atoms with Crippen molar-refractivity contribution in [3.63, 3.8) is 0 Å². The Kier molecular flexibility index (Phi) is 5.34. The van der Waals surface area contributed by atoms with Gasteiger partial charge in [0.1, 0.15) is 22.2 Å². The maximum Gasteiger partial charge on any atom is 0.272 e. The van der Waals surface area contributed by atoms with Crippen LogP contribution in [0.2, 0.25) is 0 Å². The Morgan fingerprint density at radius 3 is 2.44 bits per heavy atom. The highest BCUT2D eigenvalue weighted by atomic mass is 32.2. The van der Waals surface area contributed by atoms with E-state index in [2.05, 4.69) is 10.3 Å². The van der Waals surface area contributed by atoms with Crippen LogP contribution in [0.15, 0.2) is 23.1 Å². The predicted octanol–water partition coefficient (Wildman–Crippen LogP) is 3.34. The summed E-state index contributed by atoms with van der Waals surface area (Å²) in [5, 5.41) is 2.35. The van der Waals surface area contributed by atoms with Gasteiger partial charge in [-0.2, -0.15) is 4.31 Å². The van der Waals surface area contributed by atoms with Crippen molar-refractivity contribution in [2.24, 2.45) is 0 Å². The van der Waals surface area contributed by atoms with E-state index in [1.54, 1.807) is 6.92 Å². The van der Waals surface area contributed by atoms with Gasteiger partial charge in [0.05, 0.1) is 5.69 Å². The molecular formula is C18H21F2N3O3S. The van der Waals surface area contributed by atoms with E-state index in [1.165, 1.54) is 11.2 Å². The lowest BCUT2D eigenvalue weighted by atomic mass is 10.2. The second-order valence-electron chi connectivity index (χ2n) is 6.62. The number of carbonyl (C=O) groups is 1. The summed E-state index contributed by atoms with van der Waals surface area (Å²) < 4.78 is 54.2. The molecule has 0 unspecified atom stereocenters. The third kappa shape index (κ3) is 3.74. The second-order valence-corrected chi connectivity index (χ2v) is 8.50. The van der Waals surface area contributed by atoms with Gasteiger partial charge in [-0.05, 0) is 44.4 Å². The zero-order chi connectivity index (χ0) is 19.8. The molecule has 27 heavy (non-hydrogen) atoms. The molecule has 146 valence electrons. The number of hydrogen-bond acceptors (Lipinski definition) is 3. The summed E-state index contributed by atoms with van der Waals surface area (Å²) in [6, 6.07) is 2.80. The standard InChI is InChI=1S/C18H21F2N3O3S/c1-11-16(18(24)22-15-7-6-13(19)10-14(15)20)21-12(2)17(11)27(25,26)23-8-4-3-5-9-23/h6-7,10,21H,3-5,8-9H2,1-2H3,(H,22,24). The molecule has 0 aliphatic carbocycles. The number of aromatic nitrogens is 1. The fourth-order valence-corrected chi connectivity index (χ4v) is 5.28. The van der Waals surface area contributed by atoms with Gasteiger partial charge < -0.3 is 10.3 Å². The van der Waals surface area contributed by atoms with Crippen LogP contribution in [0.25, 0.3) is 0 Å². The first-order valence-electron chi connectivity index (χ1n) is 8.67. The minimum Gasteiger partial charge on any atom is -0.353 e. The fourth-order valence-electron chi connectivity index (χ4n) is 3.36. The Bertz CT molecular complexity index is 980. The number of carbonyl (C=O) groups excluding carboxylic acids is 1. The van der Waals surface area contributed by atoms with E-state index in [0.29, 0.717) is 24.8 Å². The van der Waals surface area contributed by atoms with Crippen molar-refractivity contribution in [3.05, 3.63) is 46.8 Å². The zero-order valence-corrected chi connectivity index (χ0v) is 15.9. The van der Waals surface area contributed by atoms with Crippen molar-refractivity contribution < 1.29 is 22.0 Å². The van der Waals surface area contributed by atoms with Crippen LogP contribution in [0.1, 0.15) is 41.0 Å². The molecule has 0 saturated carbocycles. The number of amides is 1. The Hall–Kier alpha value is -2.26.